The molecule has 0 saturated heterocycles. The first-order chi connectivity index (χ1) is 6.70. The molecule has 0 aliphatic heterocycles. The van der Waals surface area contributed by atoms with Crippen LogP contribution in [0.5, 0.6) is 0 Å². The number of carbonyl (C=O) groups excluding carboxylic acids is 1. The third kappa shape index (κ3) is 7.61. The van der Waals surface area contributed by atoms with Crippen LogP contribution in [0.15, 0.2) is 12.7 Å². The predicted molar refractivity (Wildman–Crippen MR) is 57.1 cm³/mol. The van der Waals surface area contributed by atoms with E-state index in [-0.39, 0.29) is 18.7 Å². The molecule has 0 aromatic rings. The first-order valence-electron chi connectivity index (χ1n) is 4.96. The van der Waals surface area contributed by atoms with Gasteiger partial charge in [-0.1, -0.05) is 6.08 Å². The van der Waals surface area contributed by atoms with E-state index in [0.717, 1.165) is 19.3 Å². The summed E-state index contributed by atoms with van der Waals surface area (Å²) in [5.41, 5.74) is 0. The molecule has 2 amide bonds. The lowest BCUT2D eigenvalue weighted by Gasteiger charge is -2.13. The van der Waals surface area contributed by atoms with Crippen molar-refractivity contribution in [3.8, 4) is 0 Å². The lowest BCUT2D eigenvalue weighted by atomic mass is 10.1. The van der Waals surface area contributed by atoms with Crippen molar-refractivity contribution in [2.75, 3.05) is 13.2 Å². The first-order valence-corrected chi connectivity index (χ1v) is 4.96. The Balaban J connectivity index is 3.44. The minimum Gasteiger partial charge on any atom is -0.395 e. The zero-order valence-corrected chi connectivity index (χ0v) is 8.75. The van der Waals surface area contributed by atoms with Crippen LogP contribution in [-0.2, 0) is 0 Å². The molecule has 1 unspecified atom stereocenters. The van der Waals surface area contributed by atoms with Crippen molar-refractivity contribution in [1.82, 2.24) is 10.6 Å². The fourth-order valence-corrected chi connectivity index (χ4v) is 1.08. The molecule has 0 spiro atoms. The highest BCUT2D eigenvalue weighted by Crippen LogP contribution is 2.00. The highest BCUT2D eigenvalue weighted by Gasteiger charge is 2.04. The van der Waals surface area contributed by atoms with Gasteiger partial charge in [0.25, 0.3) is 0 Å². The molecule has 0 aromatic carbocycles. The number of hydrogen-bond acceptors (Lipinski definition) is 2. The van der Waals surface area contributed by atoms with Gasteiger partial charge in [0.1, 0.15) is 0 Å². The van der Waals surface area contributed by atoms with E-state index in [1.807, 2.05) is 13.0 Å². The standard InChI is InChI=1S/C10H20N2O2/c1-3-4-5-6-9(2)12-10(14)11-7-8-13/h3,9,13H,1,4-8H2,2H3,(H2,11,12,14). The van der Waals surface area contributed by atoms with Crippen LogP contribution in [0.4, 0.5) is 4.79 Å². The minimum atomic E-state index is -0.217. The van der Waals surface area contributed by atoms with Crippen molar-refractivity contribution in [1.29, 1.82) is 0 Å². The zero-order chi connectivity index (χ0) is 10.8. The van der Waals surface area contributed by atoms with Crippen molar-refractivity contribution in [3.63, 3.8) is 0 Å². The Morgan fingerprint density at radius 1 is 1.64 bits per heavy atom. The summed E-state index contributed by atoms with van der Waals surface area (Å²) in [4.78, 5) is 11.1. The van der Waals surface area contributed by atoms with Crippen LogP contribution in [0.25, 0.3) is 0 Å². The van der Waals surface area contributed by atoms with E-state index in [1.165, 1.54) is 0 Å². The van der Waals surface area contributed by atoms with Crippen molar-refractivity contribution >= 4 is 6.03 Å². The van der Waals surface area contributed by atoms with Crippen LogP contribution in [0, 0.1) is 0 Å². The average Bonchev–Trinajstić information content (AvgIpc) is 2.15. The molecule has 4 nitrogen and oxygen atoms in total. The van der Waals surface area contributed by atoms with Crippen molar-refractivity contribution in [2.24, 2.45) is 0 Å². The number of hydrogen-bond donors (Lipinski definition) is 3. The van der Waals surface area contributed by atoms with E-state index in [1.54, 1.807) is 0 Å². The van der Waals surface area contributed by atoms with Gasteiger partial charge in [-0.3, -0.25) is 0 Å². The monoisotopic (exact) mass is 200 g/mol. The number of amides is 2. The van der Waals surface area contributed by atoms with Crippen LogP contribution < -0.4 is 10.6 Å². The maximum absolute atomic E-state index is 11.1. The Bertz CT molecular complexity index is 172. The van der Waals surface area contributed by atoms with Gasteiger partial charge in [0, 0.05) is 12.6 Å². The summed E-state index contributed by atoms with van der Waals surface area (Å²) in [5.74, 6) is 0. The summed E-state index contributed by atoms with van der Waals surface area (Å²) >= 11 is 0. The van der Waals surface area contributed by atoms with Gasteiger partial charge in [0.15, 0.2) is 0 Å². The van der Waals surface area contributed by atoms with Gasteiger partial charge in [0.05, 0.1) is 6.61 Å². The second-order valence-electron chi connectivity index (χ2n) is 3.24. The second kappa shape index (κ2) is 8.56. The molecule has 0 fully saturated rings. The third-order valence-corrected chi connectivity index (χ3v) is 1.82. The predicted octanol–water partition coefficient (Wildman–Crippen LogP) is 1.02. The second-order valence-corrected chi connectivity index (χ2v) is 3.24. The summed E-state index contributed by atoms with van der Waals surface area (Å²) < 4.78 is 0. The van der Waals surface area contributed by atoms with Gasteiger partial charge in [0.2, 0.25) is 0 Å². The van der Waals surface area contributed by atoms with Crippen molar-refractivity contribution < 1.29 is 9.90 Å². The van der Waals surface area contributed by atoms with Crippen molar-refractivity contribution in [3.05, 3.63) is 12.7 Å². The normalized spacial score (nSPS) is 11.9. The quantitative estimate of drug-likeness (QED) is 0.424. The Kier molecular flexibility index (Phi) is 7.93. The maximum atomic E-state index is 11.1. The van der Waals surface area contributed by atoms with E-state index in [4.69, 9.17) is 5.11 Å². The van der Waals surface area contributed by atoms with Crippen LogP contribution in [0.2, 0.25) is 0 Å². The molecular formula is C10H20N2O2. The van der Waals surface area contributed by atoms with Gasteiger partial charge in [-0.25, -0.2) is 4.79 Å². The summed E-state index contributed by atoms with van der Waals surface area (Å²) in [5, 5.41) is 13.8. The van der Waals surface area contributed by atoms with E-state index < -0.39 is 0 Å². The largest absolute Gasteiger partial charge is 0.395 e. The summed E-state index contributed by atoms with van der Waals surface area (Å²) in [6.07, 6.45) is 4.83. The Labute approximate surface area is 85.4 Å². The molecule has 0 saturated carbocycles. The fraction of sp³-hybridized carbons (Fsp3) is 0.700. The molecule has 82 valence electrons. The lowest BCUT2D eigenvalue weighted by Crippen LogP contribution is -2.41. The minimum absolute atomic E-state index is 0.0295. The maximum Gasteiger partial charge on any atom is 0.315 e. The third-order valence-electron chi connectivity index (χ3n) is 1.82. The Morgan fingerprint density at radius 2 is 2.36 bits per heavy atom. The molecular weight excluding hydrogens is 180 g/mol. The lowest BCUT2D eigenvalue weighted by molar-refractivity contribution is 0.230. The van der Waals surface area contributed by atoms with Gasteiger partial charge in [-0.15, -0.1) is 6.58 Å². The molecule has 14 heavy (non-hydrogen) atoms. The average molecular weight is 200 g/mol. The number of aliphatic hydroxyl groups is 1. The van der Waals surface area contributed by atoms with Crippen molar-refractivity contribution in [2.45, 2.75) is 32.2 Å². The van der Waals surface area contributed by atoms with Gasteiger partial charge < -0.3 is 15.7 Å². The molecule has 0 aromatic heterocycles. The fourth-order valence-electron chi connectivity index (χ4n) is 1.08. The molecule has 4 heteroatoms. The van der Waals surface area contributed by atoms with E-state index in [0.29, 0.717) is 6.54 Å². The molecule has 0 bridgehead atoms. The number of carbonyl (C=O) groups is 1. The van der Waals surface area contributed by atoms with Crippen LogP contribution in [-0.4, -0.2) is 30.3 Å². The Morgan fingerprint density at radius 3 is 2.93 bits per heavy atom. The number of rotatable bonds is 7. The molecule has 0 aliphatic carbocycles. The van der Waals surface area contributed by atoms with E-state index >= 15 is 0 Å². The summed E-state index contributed by atoms with van der Waals surface area (Å²) in [6, 6.07) is -0.0567. The molecule has 0 aliphatic rings. The highest BCUT2D eigenvalue weighted by atomic mass is 16.3. The Hall–Kier alpha value is -1.03. The van der Waals surface area contributed by atoms with Gasteiger partial charge in [-0.2, -0.15) is 0 Å². The smallest absolute Gasteiger partial charge is 0.315 e. The van der Waals surface area contributed by atoms with E-state index in [9.17, 15) is 4.79 Å². The molecule has 0 radical (unpaired) electrons. The first kappa shape index (κ1) is 13.0. The zero-order valence-electron chi connectivity index (χ0n) is 8.75. The van der Waals surface area contributed by atoms with Crippen LogP contribution in [0.1, 0.15) is 26.2 Å². The van der Waals surface area contributed by atoms with Gasteiger partial charge in [-0.05, 0) is 26.2 Å². The summed E-state index contributed by atoms with van der Waals surface area (Å²) in [6.45, 7) is 5.86. The SMILES string of the molecule is C=CCCCC(C)NC(=O)NCCO. The summed E-state index contributed by atoms with van der Waals surface area (Å²) in [7, 11) is 0. The number of urea groups is 1. The van der Waals surface area contributed by atoms with Crippen LogP contribution >= 0.6 is 0 Å². The number of unbranched alkanes of at least 4 members (excludes halogenated alkanes) is 1. The molecule has 0 heterocycles. The number of nitrogens with one attached hydrogen (secondary N) is 2. The molecule has 3 N–H and O–H groups in total. The topological polar surface area (TPSA) is 61.4 Å². The highest BCUT2D eigenvalue weighted by molar-refractivity contribution is 5.74. The van der Waals surface area contributed by atoms with E-state index in [2.05, 4.69) is 17.2 Å². The number of aliphatic hydroxyl groups excluding tert-OH is 1. The van der Waals surface area contributed by atoms with Gasteiger partial charge >= 0.3 is 6.03 Å². The molecule has 0 rings (SSSR count). The number of allylic oxidation sites excluding steroid dienone is 1. The van der Waals surface area contributed by atoms with Crippen LogP contribution in [0.3, 0.4) is 0 Å². The molecule has 1 atom stereocenters.